The van der Waals surface area contributed by atoms with E-state index in [1.54, 1.807) is 6.07 Å². The molecule has 0 aromatic heterocycles. The SMILES string of the molecule is O=C(O)c1ccc(Oc2ccc3ccccc3c2)c(Br)c1. The number of benzene rings is 3. The number of hydrogen-bond donors (Lipinski definition) is 1. The summed E-state index contributed by atoms with van der Waals surface area (Å²) < 4.78 is 6.42. The molecule has 0 saturated heterocycles. The predicted molar refractivity (Wildman–Crippen MR) is 85.1 cm³/mol. The van der Waals surface area contributed by atoms with Gasteiger partial charge in [0.05, 0.1) is 10.0 Å². The average Bonchev–Trinajstić information content (AvgIpc) is 2.49. The number of carbonyl (C=O) groups is 1. The van der Waals surface area contributed by atoms with Gasteiger partial charge in [-0.05, 0) is 57.0 Å². The zero-order valence-electron chi connectivity index (χ0n) is 10.9. The summed E-state index contributed by atoms with van der Waals surface area (Å²) in [6.07, 6.45) is 0. The Hall–Kier alpha value is -2.33. The van der Waals surface area contributed by atoms with Gasteiger partial charge < -0.3 is 9.84 Å². The molecule has 0 bridgehead atoms. The number of hydrogen-bond acceptors (Lipinski definition) is 2. The normalized spacial score (nSPS) is 10.5. The van der Waals surface area contributed by atoms with E-state index in [2.05, 4.69) is 15.9 Å². The Morgan fingerprint density at radius 2 is 1.71 bits per heavy atom. The second-order valence-electron chi connectivity index (χ2n) is 4.56. The predicted octanol–water partition coefficient (Wildman–Crippen LogP) is 5.09. The van der Waals surface area contributed by atoms with Crippen molar-refractivity contribution in [2.24, 2.45) is 0 Å². The van der Waals surface area contributed by atoms with E-state index in [-0.39, 0.29) is 5.56 Å². The Bertz CT molecular complexity index is 827. The summed E-state index contributed by atoms with van der Waals surface area (Å²) in [5, 5.41) is 11.2. The summed E-state index contributed by atoms with van der Waals surface area (Å²) in [6.45, 7) is 0. The van der Waals surface area contributed by atoms with Gasteiger partial charge >= 0.3 is 5.97 Å². The zero-order chi connectivity index (χ0) is 14.8. The van der Waals surface area contributed by atoms with Crippen LogP contribution in [0.5, 0.6) is 11.5 Å². The molecular weight excluding hydrogens is 332 g/mol. The van der Waals surface area contributed by atoms with E-state index in [1.807, 2.05) is 42.5 Å². The van der Waals surface area contributed by atoms with Crippen molar-refractivity contribution in [1.82, 2.24) is 0 Å². The van der Waals surface area contributed by atoms with E-state index in [0.717, 1.165) is 10.8 Å². The molecule has 3 nitrogen and oxygen atoms in total. The van der Waals surface area contributed by atoms with E-state index >= 15 is 0 Å². The molecule has 0 heterocycles. The average molecular weight is 343 g/mol. The van der Waals surface area contributed by atoms with Crippen molar-refractivity contribution in [3.63, 3.8) is 0 Å². The largest absolute Gasteiger partial charge is 0.478 e. The molecule has 0 aliphatic carbocycles. The summed E-state index contributed by atoms with van der Waals surface area (Å²) >= 11 is 3.33. The molecule has 0 fully saturated rings. The third kappa shape index (κ3) is 2.90. The van der Waals surface area contributed by atoms with Crippen molar-refractivity contribution in [3.05, 3.63) is 70.7 Å². The van der Waals surface area contributed by atoms with Crippen molar-refractivity contribution < 1.29 is 14.6 Å². The smallest absolute Gasteiger partial charge is 0.335 e. The maximum Gasteiger partial charge on any atom is 0.335 e. The molecular formula is C17H11BrO3. The van der Waals surface area contributed by atoms with Crippen LogP contribution >= 0.6 is 15.9 Å². The first-order valence-corrected chi connectivity index (χ1v) is 7.12. The van der Waals surface area contributed by atoms with E-state index in [1.165, 1.54) is 12.1 Å². The highest BCUT2D eigenvalue weighted by Gasteiger charge is 2.08. The van der Waals surface area contributed by atoms with Crippen molar-refractivity contribution in [1.29, 1.82) is 0 Å². The molecule has 0 atom stereocenters. The minimum Gasteiger partial charge on any atom is -0.478 e. The van der Waals surface area contributed by atoms with Crippen LogP contribution in [0.2, 0.25) is 0 Å². The maximum absolute atomic E-state index is 10.9. The Morgan fingerprint density at radius 3 is 2.43 bits per heavy atom. The van der Waals surface area contributed by atoms with Crippen LogP contribution < -0.4 is 4.74 Å². The van der Waals surface area contributed by atoms with Crippen LogP contribution in [0.25, 0.3) is 10.8 Å². The van der Waals surface area contributed by atoms with Crippen LogP contribution in [0.1, 0.15) is 10.4 Å². The maximum atomic E-state index is 10.9. The van der Waals surface area contributed by atoms with E-state index < -0.39 is 5.97 Å². The lowest BCUT2D eigenvalue weighted by molar-refractivity contribution is 0.0697. The van der Waals surface area contributed by atoms with Gasteiger partial charge in [-0.25, -0.2) is 4.79 Å². The van der Waals surface area contributed by atoms with Gasteiger partial charge in [0.2, 0.25) is 0 Å². The van der Waals surface area contributed by atoms with Gasteiger partial charge in [0, 0.05) is 0 Å². The molecule has 0 aliphatic rings. The van der Waals surface area contributed by atoms with Crippen LogP contribution in [-0.4, -0.2) is 11.1 Å². The molecule has 104 valence electrons. The first-order valence-electron chi connectivity index (χ1n) is 6.33. The lowest BCUT2D eigenvalue weighted by Crippen LogP contribution is -1.96. The molecule has 1 N–H and O–H groups in total. The highest BCUT2D eigenvalue weighted by molar-refractivity contribution is 9.10. The standard InChI is InChI=1S/C17H11BrO3/c18-15-10-13(17(19)20)6-8-16(15)21-14-7-5-11-3-1-2-4-12(11)9-14/h1-10H,(H,19,20). The minimum absolute atomic E-state index is 0.215. The molecule has 21 heavy (non-hydrogen) atoms. The molecule has 0 unspecified atom stereocenters. The van der Waals surface area contributed by atoms with E-state index in [4.69, 9.17) is 9.84 Å². The molecule has 0 aliphatic heterocycles. The lowest BCUT2D eigenvalue weighted by Gasteiger charge is -2.09. The topological polar surface area (TPSA) is 46.5 Å². The molecule has 4 heteroatoms. The fourth-order valence-electron chi connectivity index (χ4n) is 2.07. The lowest BCUT2D eigenvalue weighted by atomic mass is 10.1. The highest BCUT2D eigenvalue weighted by atomic mass is 79.9. The van der Waals surface area contributed by atoms with Crippen molar-refractivity contribution >= 4 is 32.7 Å². The van der Waals surface area contributed by atoms with E-state index in [0.29, 0.717) is 16.0 Å². The Kier molecular flexibility index (Phi) is 3.62. The van der Waals surface area contributed by atoms with Crippen molar-refractivity contribution in [3.8, 4) is 11.5 Å². The van der Waals surface area contributed by atoms with E-state index in [9.17, 15) is 4.79 Å². The van der Waals surface area contributed by atoms with Gasteiger partial charge in [0.15, 0.2) is 0 Å². The monoisotopic (exact) mass is 342 g/mol. The first kappa shape index (κ1) is 13.6. The Morgan fingerprint density at radius 1 is 0.952 bits per heavy atom. The summed E-state index contributed by atoms with van der Waals surface area (Å²) in [7, 11) is 0. The summed E-state index contributed by atoms with van der Waals surface area (Å²) in [5.74, 6) is 0.320. The number of fused-ring (bicyclic) bond motifs is 1. The fraction of sp³-hybridized carbons (Fsp3) is 0. The molecule has 3 aromatic rings. The zero-order valence-corrected chi connectivity index (χ0v) is 12.5. The van der Waals surface area contributed by atoms with Crippen molar-refractivity contribution in [2.45, 2.75) is 0 Å². The summed E-state index contributed by atoms with van der Waals surface area (Å²) in [6, 6.07) is 18.5. The molecule has 0 spiro atoms. The number of halogens is 1. The van der Waals surface area contributed by atoms with Gasteiger partial charge in [0.25, 0.3) is 0 Å². The molecule has 3 rings (SSSR count). The Balaban J connectivity index is 1.93. The number of aromatic carboxylic acids is 1. The van der Waals surface area contributed by atoms with Gasteiger partial charge in [-0.15, -0.1) is 0 Å². The minimum atomic E-state index is -0.965. The molecule has 0 amide bonds. The molecule has 0 radical (unpaired) electrons. The van der Waals surface area contributed by atoms with Crippen LogP contribution in [-0.2, 0) is 0 Å². The van der Waals surface area contributed by atoms with Crippen molar-refractivity contribution in [2.75, 3.05) is 0 Å². The Labute approximate surface area is 129 Å². The highest BCUT2D eigenvalue weighted by Crippen LogP contribution is 2.32. The van der Waals surface area contributed by atoms with Gasteiger partial charge in [-0.2, -0.15) is 0 Å². The van der Waals surface area contributed by atoms with Gasteiger partial charge in [-0.1, -0.05) is 30.3 Å². The number of ether oxygens (including phenoxy) is 1. The molecule has 3 aromatic carbocycles. The van der Waals surface area contributed by atoms with Crippen LogP contribution in [0.3, 0.4) is 0 Å². The number of carboxylic acid groups (broad SMARTS) is 1. The molecule has 0 saturated carbocycles. The second kappa shape index (κ2) is 5.58. The summed E-state index contributed by atoms with van der Waals surface area (Å²) in [5.41, 5.74) is 0.215. The number of carboxylic acids is 1. The van der Waals surface area contributed by atoms with Gasteiger partial charge in [-0.3, -0.25) is 0 Å². The van der Waals surface area contributed by atoms with Gasteiger partial charge in [0.1, 0.15) is 11.5 Å². The quantitative estimate of drug-likeness (QED) is 0.720. The third-order valence-corrected chi connectivity index (χ3v) is 3.75. The first-order chi connectivity index (χ1) is 10.1. The second-order valence-corrected chi connectivity index (χ2v) is 5.42. The third-order valence-electron chi connectivity index (χ3n) is 3.13. The van der Waals surface area contributed by atoms with Crippen LogP contribution in [0.4, 0.5) is 0 Å². The van der Waals surface area contributed by atoms with Crippen LogP contribution in [0, 0.1) is 0 Å². The number of rotatable bonds is 3. The fourth-order valence-corrected chi connectivity index (χ4v) is 2.53. The van der Waals surface area contributed by atoms with Crippen LogP contribution in [0.15, 0.2) is 65.1 Å². The summed E-state index contributed by atoms with van der Waals surface area (Å²) in [4.78, 5) is 10.9.